The Morgan fingerprint density at radius 1 is 0.354 bits per heavy atom. The number of fused-ring (bicyclic) bond motifs is 4. The predicted octanol–water partition coefficient (Wildman–Crippen LogP) is 0.787. The Bertz CT molecular complexity index is 1330. The quantitative estimate of drug-likeness (QED) is 0.318. The van der Waals surface area contributed by atoms with Crippen molar-refractivity contribution in [2.24, 2.45) is 0 Å². The van der Waals surface area contributed by atoms with Crippen molar-refractivity contribution in [2.45, 2.75) is 52.4 Å². The largest absolute Gasteiger partial charge is 0.475 e. The smallest absolute Gasteiger partial charge is 0.399 e. The fourth-order valence-corrected chi connectivity index (χ4v) is 55.2. The van der Waals surface area contributed by atoms with Crippen molar-refractivity contribution in [1.29, 1.82) is 0 Å². The van der Waals surface area contributed by atoms with Crippen LogP contribution in [0.1, 0.15) is 0 Å². The molecule has 2 aromatic rings. The van der Waals surface area contributed by atoms with Gasteiger partial charge in [-0.05, 0) is 34.6 Å². The molecule has 6 aliphatic rings. The topological polar surface area (TPSA) is 181 Å². The van der Waals surface area contributed by atoms with Crippen LogP contribution in [-0.2, 0) is 123 Å². The molecule has 4 N–H and O–H groups in total. The van der Waals surface area contributed by atoms with Crippen LogP contribution >= 0.6 is 0 Å². The first-order chi connectivity index (χ1) is 21.2. The Hall–Kier alpha value is 1.86. The predicted molar refractivity (Wildman–Crippen MR) is 181 cm³/mol. The first-order valence-electron chi connectivity index (χ1n) is 14.4. The van der Waals surface area contributed by atoms with E-state index in [0.29, 0.717) is 11.4 Å². The van der Waals surface area contributed by atoms with Gasteiger partial charge in [0.05, 0.1) is 0 Å². The van der Waals surface area contributed by atoms with Crippen LogP contribution in [0.3, 0.4) is 0 Å². The minimum absolute atomic E-state index is 0. The fraction of sp³-hybridized carbons (Fsp3) is 0.400. The Kier molecular flexibility index (Phi) is 11.8. The Morgan fingerprint density at radius 2 is 0.542 bits per heavy atom. The van der Waals surface area contributed by atoms with Gasteiger partial charge in [-0.3, -0.25) is 0 Å². The molecule has 0 aromatic heterocycles. The number of nitrogen functional groups attached to an aromatic ring is 2. The van der Waals surface area contributed by atoms with Crippen LogP contribution < -0.4 is 21.8 Å². The SMILES string of the molecule is C[Si]12O[Si](c3ccc(N)cc3)O[Si]3(C)O[Si]4(C)O[Si]5(C)O[Si](c6ccc(N)cc6)O[Si](C)(O[Si](C)(O1)O4)O[Si](C)(O2)O[Si](C)(O3)O5.[Y].[Y]. The molecular formula is C20H36N2O14Si10Y2. The van der Waals surface area contributed by atoms with E-state index in [1.165, 1.54) is 0 Å². The number of benzene rings is 2. The van der Waals surface area contributed by atoms with Crippen LogP contribution in [0.4, 0.5) is 11.4 Å². The van der Waals surface area contributed by atoms with E-state index in [1.54, 1.807) is 76.6 Å². The third-order valence-electron chi connectivity index (χ3n) is 7.11. The zero-order valence-electron chi connectivity index (χ0n) is 27.6. The standard InChI is InChI=1S/C20H36N2O14Si10.2Y/c1-39-23-37(19-13-9-17(21)10-14-19)24-40(2)31-45(7)33-42(4)26-38(20-15-11-18(22)12-16-20)25-41(3,29-43(5,27-39)35-45)30-44(6,28-39)36-46(8,32-40)34-42;;/h9-16H,21-22H2,1-8H3;;. The van der Waals surface area contributed by atoms with Crippen LogP contribution in [0.5, 0.6) is 0 Å². The monoisotopic (exact) mass is 986 g/mol. The van der Waals surface area contributed by atoms with E-state index in [4.69, 9.17) is 69.1 Å². The van der Waals surface area contributed by atoms with Gasteiger partial charge in [0.15, 0.2) is 0 Å². The number of rotatable bonds is 2. The molecule has 8 bridgehead atoms. The first-order valence-corrected chi connectivity index (χ1v) is 34.9. The van der Waals surface area contributed by atoms with E-state index >= 15 is 0 Å². The summed E-state index contributed by atoms with van der Waals surface area (Å²) >= 11 is 0. The van der Waals surface area contributed by atoms with Gasteiger partial charge in [-0.2, -0.15) is 0 Å². The molecule has 8 rings (SSSR count). The van der Waals surface area contributed by atoms with Crippen molar-refractivity contribution >= 4 is 111 Å². The van der Waals surface area contributed by atoms with Crippen molar-refractivity contribution < 1.29 is 123 Å². The van der Waals surface area contributed by atoms with Crippen molar-refractivity contribution in [2.75, 3.05) is 11.5 Å². The molecule has 6 saturated heterocycles. The minimum Gasteiger partial charge on any atom is -0.399 e. The summed E-state index contributed by atoms with van der Waals surface area (Å²) in [6.07, 6.45) is 0. The second kappa shape index (κ2) is 13.9. The Morgan fingerprint density at radius 3 is 0.750 bits per heavy atom. The zero-order valence-corrected chi connectivity index (χ0v) is 43.3. The van der Waals surface area contributed by atoms with Crippen LogP contribution in [-0.4, -0.2) is 89.0 Å². The van der Waals surface area contributed by atoms with Crippen molar-refractivity contribution in [3.63, 3.8) is 0 Å². The van der Waals surface area contributed by atoms with Gasteiger partial charge in [-0.1, -0.05) is 24.3 Å². The maximum absolute atomic E-state index is 6.88. The molecule has 256 valence electrons. The number of nitrogens with two attached hydrogens (primary N) is 2. The zero-order chi connectivity index (χ0) is 33.0. The number of hydrogen-bond acceptors (Lipinski definition) is 16. The van der Waals surface area contributed by atoms with Gasteiger partial charge in [0.1, 0.15) is 0 Å². The molecule has 0 atom stereocenters. The molecular weight excluding hydrogens is 951 g/mol. The number of hydrogen-bond donors (Lipinski definition) is 2. The molecule has 0 spiro atoms. The first kappa shape index (κ1) is 41.0. The van der Waals surface area contributed by atoms with E-state index in [0.717, 1.165) is 10.4 Å². The average Bonchev–Trinajstić information content (AvgIpc) is 2.83. The van der Waals surface area contributed by atoms with E-state index < -0.39 is 89.0 Å². The van der Waals surface area contributed by atoms with Crippen LogP contribution in [0, 0.1) is 0 Å². The molecule has 6 aliphatic heterocycles. The van der Waals surface area contributed by atoms with Gasteiger partial charge in [-0.15, -0.1) is 0 Å². The van der Waals surface area contributed by atoms with Crippen molar-refractivity contribution in [3.8, 4) is 0 Å². The molecule has 0 unspecified atom stereocenters. The second-order valence-corrected chi connectivity index (χ2v) is 39.7. The van der Waals surface area contributed by atoms with Crippen LogP contribution in [0.15, 0.2) is 48.5 Å². The molecule has 0 amide bonds. The Balaban J connectivity index is 0.00000225. The van der Waals surface area contributed by atoms with Crippen LogP contribution in [0.25, 0.3) is 0 Å². The molecule has 6 fully saturated rings. The summed E-state index contributed by atoms with van der Waals surface area (Å²) in [4.78, 5) is 0. The molecule has 16 nitrogen and oxygen atoms in total. The van der Waals surface area contributed by atoms with Crippen LogP contribution in [0.2, 0.25) is 52.4 Å². The van der Waals surface area contributed by atoms with Gasteiger partial charge in [0.2, 0.25) is 0 Å². The van der Waals surface area contributed by atoms with E-state index in [1.807, 2.05) is 24.3 Å². The minimum atomic E-state index is -3.90. The molecule has 48 heavy (non-hydrogen) atoms. The Labute approximate surface area is 342 Å². The summed E-state index contributed by atoms with van der Waals surface area (Å²) in [7, 11) is -35.8. The van der Waals surface area contributed by atoms with Gasteiger partial charge < -0.3 is 69.1 Å². The summed E-state index contributed by atoms with van der Waals surface area (Å²) in [5.41, 5.74) is 13.2. The summed E-state index contributed by atoms with van der Waals surface area (Å²) in [6.45, 7) is 14.0. The van der Waals surface area contributed by atoms with E-state index in [2.05, 4.69) is 0 Å². The number of anilines is 2. The maximum atomic E-state index is 6.88. The molecule has 4 radical (unpaired) electrons. The molecule has 0 aliphatic carbocycles. The van der Waals surface area contributed by atoms with Crippen molar-refractivity contribution in [3.05, 3.63) is 48.5 Å². The molecule has 6 heterocycles. The van der Waals surface area contributed by atoms with Gasteiger partial charge in [-0.25, -0.2) is 0 Å². The summed E-state index contributed by atoms with van der Waals surface area (Å²) in [5.74, 6) is 0. The summed E-state index contributed by atoms with van der Waals surface area (Å²) in [6, 6.07) is 14.4. The second-order valence-electron chi connectivity index (χ2n) is 12.1. The fourth-order valence-electron chi connectivity index (χ4n) is 6.06. The van der Waals surface area contributed by atoms with Crippen molar-refractivity contribution in [1.82, 2.24) is 0 Å². The molecule has 0 saturated carbocycles. The third kappa shape index (κ3) is 8.71. The molecule has 28 heteroatoms. The van der Waals surface area contributed by atoms with Gasteiger partial charge in [0, 0.05) is 129 Å². The maximum Gasteiger partial charge on any atom is 0.475 e. The van der Waals surface area contributed by atoms with Gasteiger partial charge >= 0.3 is 89.0 Å². The average molecular weight is 987 g/mol. The third-order valence-corrected chi connectivity index (χ3v) is 47.3. The summed E-state index contributed by atoms with van der Waals surface area (Å²) < 4.78 is 95.8. The van der Waals surface area contributed by atoms with E-state index in [-0.39, 0.29) is 65.4 Å². The van der Waals surface area contributed by atoms with Gasteiger partial charge in [0.25, 0.3) is 0 Å². The molecule has 2 aromatic carbocycles. The van der Waals surface area contributed by atoms with E-state index in [9.17, 15) is 0 Å². The summed E-state index contributed by atoms with van der Waals surface area (Å²) in [5, 5.41) is 1.47. The normalized spacial score (nSPS) is 44.7.